The number of carbonyl (C=O) groups is 1. The summed E-state index contributed by atoms with van der Waals surface area (Å²) in [6, 6.07) is 21.1. The van der Waals surface area contributed by atoms with Crippen LogP contribution in [0.15, 0.2) is 60.7 Å². The lowest BCUT2D eigenvalue weighted by atomic mass is 10.2. The quantitative estimate of drug-likeness (QED) is 0.418. The molecular formula is C22H29NO3Si. The molecule has 2 aromatic rings. The van der Waals surface area contributed by atoms with Gasteiger partial charge in [0.15, 0.2) is 0 Å². The molecule has 5 heteroatoms. The van der Waals surface area contributed by atoms with Crippen LogP contribution in [0.4, 0.5) is 0 Å². The van der Waals surface area contributed by atoms with Crippen molar-refractivity contribution in [2.75, 3.05) is 26.8 Å². The van der Waals surface area contributed by atoms with Crippen LogP contribution in [0, 0.1) is 0 Å². The van der Waals surface area contributed by atoms with E-state index in [-0.39, 0.29) is 17.0 Å². The Morgan fingerprint density at radius 2 is 1.56 bits per heavy atom. The first-order chi connectivity index (χ1) is 12.9. The molecule has 1 heterocycles. The number of esters is 1. The Balaban J connectivity index is 1.87. The van der Waals surface area contributed by atoms with Crippen molar-refractivity contribution in [2.45, 2.75) is 31.9 Å². The van der Waals surface area contributed by atoms with E-state index < -0.39 is 8.32 Å². The van der Waals surface area contributed by atoms with Gasteiger partial charge in [-0.15, -0.1) is 0 Å². The highest BCUT2D eigenvalue weighted by Gasteiger charge is 2.50. The highest BCUT2D eigenvalue weighted by atomic mass is 28.4. The Hall–Kier alpha value is -1.95. The minimum Gasteiger partial charge on any atom is -0.468 e. The third-order valence-electron chi connectivity index (χ3n) is 5.30. The van der Waals surface area contributed by atoms with E-state index in [4.69, 9.17) is 9.16 Å². The molecule has 1 unspecified atom stereocenters. The normalized spacial score (nSPS) is 19.6. The van der Waals surface area contributed by atoms with E-state index in [0.717, 1.165) is 13.1 Å². The lowest BCUT2D eigenvalue weighted by Gasteiger charge is -2.43. The van der Waals surface area contributed by atoms with Crippen LogP contribution in [0.5, 0.6) is 0 Å². The van der Waals surface area contributed by atoms with Gasteiger partial charge in [0.2, 0.25) is 0 Å². The number of hydrogen-bond acceptors (Lipinski definition) is 4. The number of nitrogens with zero attached hydrogens (tertiary/aromatic N) is 1. The highest BCUT2D eigenvalue weighted by Crippen LogP contribution is 2.36. The molecule has 3 rings (SSSR count). The summed E-state index contributed by atoms with van der Waals surface area (Å²) in [4.78, 5) is 13.8. The Morgan fingerprint density at radius 1 is 1.04 bits per heavy atom. The zero-order valence-corrected chi connectivity index (χ0v) is 17.6. The van der Waals surface area contributed by atoms with E-state index in [1.165, 1.54) is 17.5 Å². The molecule has 0 saturated carbocycles. The third kappa shape index (κ3) is 4.00. The van der Waals surface area contributed by atoms with Crippen molar-refractivity contribution in [1.29, 1.82) is 0 Å². The van der Waals surface area contributed by atoms with E-state index in [1.54, 1.807) is 0 Å². The Bertz CT molecular complexity index is 719. The first kappa shape index (κ1) is 19.8. The molecule has 0 radical (unpaired) electrons. The van der Waals surface area contributed by atoms with Crippen LogP contribution in [0.25, 0.3) is 0 Å². The summed E-state index contributed by atoms with van der Waals surface area (Å²) < 4.78 is 11.7. The van der Waals surface area contributed by atoms with Crippen molar-refractivity contribution in [1.82, 2.24) is 4.90 Å². The Kier molecular flexibility index (Phi) is 5.84. The average Bonchev–Trinajstić information content (AvgIpc) is 3.44. The average molecular weight is 384 g/mol. The van der Waals surface area contributed by atoms with E-state index in [9.17, 15) is 4.79 Å². The fraction of sp³-hybridized carbons (Fsp3) is 0.409. The third-order valence-corrected chi connectivity index (χ3v) is 10.3. The molecule has 27 heavy (non-hydrogen) atoms. The lowest BCUT2D eigenvalue weighted by Crippen LogP contribution is -2.66. The largest absolute Gasteiger partial charge is 0.468 e. The van der Waals surface area contributed by atoms with Crippen LogP contribution < -0.4 is 10.4 Å². The monoisotopic (exact) mass is 383 g/mol. The predicted molar refractivity (Wildman–Crippen MR) is 111 cm³/mol. The van der Waals surface area contributed by atoms with Crippen molar-refractivity contribution >= 4 is 24.7 Å². The second-order valence-electron chi connectivity index (χ2n) is 8.05. The van der Waals surface area contributed by atoms with Crippen molar-refractivity contribution in [3.05, 3.63) is 60.7 Å². The molecule has 2 aromatic carbocycles. The summed E-state index contributed by atoms with van der Waals surface area (Å²) in [6.07, 6.45) is 0. The Morgan fingerprint density at radius 3 is 2.00 bits per heavy atom. The molecule has 0 bridgehead atoms. The maximum Gasteiger partial charge on any atom is 0.324 e. The summed E-state index contributed by atoms with van der Waals surface area (Å²) in [5.74, 6) is -0.152. The van der Waals surface area contributed by atoms with Gasteiger partial charge in [0.05, 0.1) is 7.11 Å². The fourth-order valence-corrected chi connectivity index (χ4v) is 8.41. The van der Waals surface area contributed by atoms with Gasteiger partial charge in [-0.2, -0.15) is 0 Å². The second kappa shape index (κ2) is 7.96. The molecular weight excluding hydrogens is 354 g/mol. The van der Waals surface area contributed by atoms with Crippen molar-refractivity contribution in [2.24, 2.45) is 0 Å². The summed E-state index contributed by atoms with van der Waals surface area (Å²) in [5, 5.41) is 2.52. The van der Waals surface area contributed by atoms with E-state index in [0.29, 0.717) is 6.61 Å². The van der Waals surface area contributed by atoms with Gasteiger partial charge in [-0.25, -0.2) is 0 Å². The molecule has 0 amide bonds. The van der Waals surface area contributed by atoms with E-state index >= 15 is 0 Å². The SMILES string of the molecule is COC(=O)C1C[N@]1CCO[Si](c1ccccc1)(c1ccccc1)C(C)(C)C. The van der Waals surface area contributed by atoms with Gasteiger partial charge in [0.25, 0.3) is 8.32 Å². The van der Waals surface area contributed by atoms with Crippen LogP contribution in [-0.4, -0.2) is 52.0 Å². The van der Waals surface area contributed by atoms with Crippen LogP contribution in [0.3, 0.4) is 0 Å². The molecule has 4 nitrogen and oxygen atoms in total. The number of methoxy groups -OCH3 is 1. The zero-order chi connectivity index (χ0) is 19.5. The number of ether oxygens (including phenoxy) is 1. The second-order valence-corrected chi connectivity index (χ2v) is 12.4. The molecule has 2 atom stereocenters. The van der Waals surface area contributed by atoms with Gasteiger partial charge in [-0.1, -0.05) is 81.4 Å². The number of hydrogen-bond donors (Lipinski definition) is 0. The van der Waals surface area contributed by atoms with Crippen molar-refractivity contribution in [3.63, 3.8) is 0 Å². The minimum atomic E-state index is -2.49. The molecule has 0 aromatic heterocycles. The summed E-state index contributed by atoms with van der Waals surface area (Å²) >= 11 is 0. The van der Waals surface area contributed by atoms with Crippen LogP contribution in [-0.2, 0) is 14.0 Å². The van der Waals surface area contributed by atoms with Crippen molar-refractivity contribution in [3.8, 4) is 0 Å². The maximum absolute atomic E-state index is 11.7. The molecule has 144 valence electrons. The molecule has 1 saturated heterocycles. The molecule has 1 aliphatic heterocycles. The number of carbonyl (C=O) groups excluding carboxylic acids is 1. The standard InChI is InChI=1S/C22H29NO3Si/c1-22(2,3)27(18-11-7-5-8-12-18,19-13-9-6-10-14-19)26-16-15-23-17-20(23)21(24)25-4/h5-14,20H,15-17H2,1-4H3/t20?,23-/m0/s1. The van der Waals surface area contributed by atoms with Crippen LogP contribution >= 0.6 is 0 Å². The highest BCUT2D eigenvalue weighted by molar-refractivity contribution is 6.99. The van der Waals surface area contributed by atoms with E-state index in [2.05, 4.69) is 74.2 Å². The van der Waals surface area contributed by atoms with Crippen molar-refractivity contribution < 1.29 is 14.0 Å². The van der Waals surface area contributed by atoms with E-state index in [1.807, 2.05) is 12.1 Å². The molecule has 0 spiro atoms. The van der Waals surface area contributed by atoms with Gasteiger partial charge >= 0.3 is 5.97 Å². The summed E-state index contributed by atoms with van der Waals surface area (Å²) in [6.45, 7) is 8.91. The van der Waals surface area contributed by atoms with Gasteiger partial charge in [-0.05, 0) is 15.4 Å². The van der Waals surface area contributed by atoms with Gasteiger partial charge < -0.3 is 9.16 Å². The minimum absolute atomic E-state index is 0.0314. The Labute approximate surface area is 163 Å². The topological polar surface area (TPSA) is 38.5 Å². The maximum atomic E-state index is 11.7. The molecule has 1 aliphatic rings. The lowest BCUT2D eigenvalue weighted by molar-refractivity contribution is -0.140. The molecule has 0 aliphatic carbocycles. The first-order valence-electron chi connectivity index (χ1n) is 9.47. The smallest absolute Gasteiger partial charge is 0.324 e. The number of benzene rings is 2. The van der Waals surface area contributed by atoms with Crippen LogP contribution in [0.1, 0.15) is 20.8 Å². The molecule has 0 N–H and O–H groups in total. The zero-order valence-electron chi connectivity index (χ0n) is 16.6. The van der Waals surface area contributed by atoms with Gasteiger partial charge in [0.1, 0.15) is 6.04 Å². The predicted octanol–water partition coefficient (Wildman–Crippen LogP) is 2.42. The number of rotatable bonds is 7. The van der Waals surface area contributed by atoms with Gasteiger partial charge in [-0.3, -0.25) is 9.69 Å². The van der Waals surface area contributed by atoms with Crippen LogP contribution in [0.2, 0.25) is 5.04 Å². The first-order valence-corrected chi connectivity index (χ1v) is 11.4. The summed E-state index contributed by atoms with van der Waals surface area (Å²) in [7, 11) is -1.05. The summed E-state index contributed by atoms with van der Waals surface area (Å²) in [5.41, 5.74) is 0. The van der Waals surface area contributed by atoms with Gasteiger partial charge in [0, 0.05) is 19.7 Å². The molecule has 1 fully saturated rings. The fourth-order valence-electron chi connectivity index (χ4n) is 3.86.